The van der Waals surface area contributed by atoms with E-state index in [1.54, 1.807) is 18.5 Å². The molecule has 1 fully saturated rings. The van der Waals surface area contributed by atoms with Crippen LogP contribution >= 0.6 is 0 Å². The maximum atomic E-state index is 12.8. The molecule has 1 aliphatic heterocycles. The van der Waals surface area contributed by atoms with Gasteiger partial charge in [-0.2, -0.15) is 5.10 Å². The van der Waals surface area contributed by atoms with Crippen molar-refractivity contribution in [1.82, 2.24) is 29.9 Å². The van der Waals surface area contributed by atoms with E-state index in [0.29, 0.717) is 30.8 Å². The standard InChI is InChI=1S/C23H27N7O2S/c1-3-16-4-6-18(7-5-16)33(31,32)29-17-8-10-30(11-9-17)23-19-12-21(20-13-26-28-15(20)2)27-22(19)24-14-25-23/h4-7,12-14,17,29H,3,8-11H2,1-2H3,(H,26,28)(H,24,25,27). The van der Waals surface area contributed by atoms with Crippen LogP contribution in [0.15, 0.2) is 47.8 Å². The summed E-state index contributed by atoms with van der Waals surface area (Å²) in [6, 6.07) is 9.04. The Kier molecular flexibility index (Phi) is 5.63. The summed E-state index contributed by atoms with van der Waals surface area (Å²) in [5.74, 6) is 0.861. The monoisotopic (exact) mass is 465 g/mol. The summed E-state index contributed by atoms with van der Waals surface area (Å²) in [7, 11) is -3.54. The average molecular weight is 466 g/mol. The van der Waals surface area contributed by atoms with Crippen LogP contribution in [0.1, 0.15) is 31.0 Å². The fourth-order valence-corrected chi connectivity index (χ4v) is 5.66. The maximum Gasteiger partial charge on any atom is 0.240 e. The number of aromatic nitrogens is 5. The first-order chi connectivity index (χ1) is 15.9. The van der Waals surface area contributed by atoms with Crippen LogP contribution < -0.4 is 9.62 Å². The summed E-state index contributed by atoms with van der Waals surface area (Å²) >= 11 is 0. The summed E-state index contributed by atoms with van der Waals surface area (Å²) in [4.78, 5) is 14.8. The Morgan fingerprint density at radius 1 is 1.15 bits per heavy atom. The number of anilines is 1. The molecule has 3 aromatic heterocycles. The van der Waals surface area contributed by atoms with E-state index in [0.717, 1.165) is 45.8 Å². The molecule has 1 saturated heterocycles. The lowest BCUT2D eigenvalue weighted by atomic mass is 10.1. The van der Waals surface area contributed by atoms with Crippen molar-refractivity contribution in [1.29, 1.82) is 0 Å². The van der Waals surface area contributed by atoms with Gasteiger partial charge in [0.1, 0.15) is 17.8 Å². The summed E-state index contributed by atoms with van der Waals surface area (Å²) in [6.45, 7) is 5.42. The zero-order valence-electron chi connectivity index (χ0n) is 18.7. The van der Waals surface area contributed by atoms with E-state index in [4.69, 9.17) is 0 Å². The van der Waals surface area contributed by atoms with E-state index >= 15 is 0 Å². The molecular weight excluding hydrogens is 438 g/mol. The van der Waals surface area contributed by atoms with Crippen LogP contribution in [0.4, 0.5) is 5.82 Å². The second-order valence-electron chi connectivity index (χ2n) is 8.41. The first kappa shape index (κ1) is 21.6. The van der Waals surface area contributed by atoms with Gasteiger partial charge in [-0.1, -0.05) is 19.1 Å². The van der Waals surface area contributed by atoms with Crippen molar-refractivity contribution in [3.05, 3.63) is 54.1 Å². The van der Waals surface area contributed by atoms with Gasteiger partial charge < -0.3 is 9.88 Å². The Labute approximate surface area is 192 Å². The molecule has 172 valence electrons. The van der Waals surface area contributed by atoms with Gasteiger partial charge in [0, 0.05) is 30.9 Å². The molecule has 9 nitrogen and oxygen atoms in total. The number of H-pyrrole nitrogens is 2. The zero-order chi connectivity index (χ0) is 23.0. The van der Waals surface area contributed by atoms with E-state index in [2.05, 4.69) is 40.8 Å². The molecule has 5 rings (SSSR count). The van der Waals surface area contributed by atoms with Gasteiger partial charge in [-0.05, 0) is 49.9 Å². The Morgan fingerprint density at radius 2 is 1.91 bits per heavy atom. The molecule has 3 N–H and O–H groups in total. The molecule has 1 aliphatic rings. The number of piperidine rings is 1. The second-order valence-corrected chi connectivity index (χ2v) is 10.1. The molecule has 4 aromatic rings. The number of benzene rings is 1. The van der Waals surface area contributed by atoms with Gasteiger partial charge in [0.15, 0.2) is 0 Å². The van der Waals surface area contributed by atoms with E-state index in [-0.39, 0.29) is 6.04 Å². The predicted octanol–water partition coefficient (Wildman–Crippen LogP) is 3.17. The van der Waals surface area contributed by atoms with E-state index in [1.807, 2.05) is 32.2 Å². The molecule has 0 aliphatic carbocycles. The lowest BCUT2D eigenvalue weighted by Gasteiger charge is -2.33. The Balaban J connectivity index is 1.30. The number of rotatable bonds is 6. The first-order valence-electron chi connectivity index (χ1n) is 11.2. The van der Waals surface area contributed by atoms with Crippen LogP contribution in [0.2, 0.25) is 0 Å². The number of aryl methyl sites for hydroxylation is 2. The summed E-state index contributed by atoms with van der Waals surface area (Å²) in [5, 5.41) is 8.03. The van der Waals surface area contributed by atoms with Crippen molar-refractivity contribution < 1.29 is 8.42 Å². The second kappa shape index (κ2) is 8.60. The number of sulfonamides is 1. The maximum absolute atomic E-state index is 12.8. The minimum atomic E-state index is -3.54. The van der Waals surface area contributed by atoms with Crippen LogP contribution in [-0.4, -0.2) is 52.7 Å². The van der Waals surface area contributed by atoms with Crippen molar-refractivity contribution in [3.8, 4) is 11.3 Å². The fourth-order valence-electron chi connectivity index (χ4n) is 4.36. The number of nitrogens with zero attached hydrogens (tertiary/aromatic N) is 4. The van der Waals surface area contributed by atoms with Gasteiger partial charge in [-0.25, -0.2) is 23.1 Å². The lowest BCUT2D eigenvalue weighted by Crippen LogP contribution is -2.44. The predicted molar refractivity (Wildman–Crippen MR) is 128 cm³/mol. The van der Waals surface area contributed by atoms with E-state index < -0.39 is 10.0 Å². The molecule has 33 heavy (non-hydrogen) atoms. The lowest BCUT2D eigenvalue weighted by molar-refractivity contribution is 0.459. The molecule has 0 spiro atoms. The third-order valence-electron chi connectivity index (χ3n) is 6.28. The minimum Gasteiger partial charge on any atom is -0.356 e. The smallest absolute Gasteiger partial charge is 0.240 e. The summed E-state index contributed by atoms with van der Waals surface area (Å²) in [5.41, 5.74) is 4.74. The Morgan fingerprint density at radius 3 is 2.58 bits per heavy atom. The van der Waals surface area contributed by atoms with E-state index in [9.17, 15) is 8.42 Å². The van der Waals surface area contributed by atoms with Crippen molar-refractivity contribution in [2.24, 2.45) is 0 Å². The largest absolute Gasteiger partial charge is 0.356 e. The summed E-state index contributed by atoms with van der Waals surface area (Å²) in [6.07, 6.45) is 5.72. The topological polar surface area (TPSA) is 120 Å². The molecule has 0 unspecified atom stereocenters. The Hall–Kier alpha value is -3.24. The molecule has 0 atom stereocenters. The van der Waals surface area contributed by atoms with Crippen molar-refractivity contribution in [3.63, 3.8) is 0 Å². The van der Waals surface area contributed by atoms with Gasteiger partial charge >= 0.3 is 0 Å². The normalized spacial score (nSPS) is 15.4. The van der Waals surface area contributed by atoms with Crippen LogP contribution in [0, 0.1) is 6.92 Å². The molecule has 10 heteroatoms. The third kappa shape index (κ3) is 4.23. The average Bonchev–Trinajstić information content (AvgIpc) is 3.45. The zero-order valence-corrected chi connectivity index (χ0v) is 19.5. The van der Waals surface area contributed by atoms with Crippen LogP contribution in [-0.2, 0) is 16.4 Å². The van der Waals surface area contributed by atoms with Gasteiger partial charge in [0.25, 0.3) is 0 Å². The van der Waals surface area contributed by atoms with Gasteiger partial charge in [0.05, 0.1) is 21.7 Å². The highest BCUT2D eigenvalue weighted by Crippen LogP contribution is 2.31. The molecular formula is C23H27N7O2S. The van der Waals surface area contributed by atoms with Crippen LogP contribution in [0.3, 0.4) is 0 Å². The SMILES string of the molecule is CCc1ccc(S(=O)(=O)NC2CCN(c3ncnc4[nH]c(-c5c[nH]nc5C)cc34)CC2)cc1. The highest BCUT2D eigenvalue weighted by atomic mass is 32.2. The van der Waals surface area contributed by atoms with Gasteiger partial charge in [0.2, 0.25) is 10.0 Å². The quantitative estimate of drug-likeness (QED) is 0.402. The van der Waals surface area contributed by atoms with Gasteiger partial charge in [-0.15, -0.1) is 0 Å². The number of hydrogen-bond donors (Lipinski definition) is 3. The molecule has 0 bridgehead atoms. The van der Waals surface area contributed by atoms with Crippen molar-refractivity contribution >= 4 is 26.9 Å². The number of fused-ring (bicyclic) bond motifs is 1. The number of aromatic amines is 2. The minimum absolute atomic E-state index is 0.107. The number of nitrogens with one attached hydrogen (secondary N) is 3. The Bertz CT molecular complexity index is 1370. The highest BCUT2D eigenvalue weighted by molar-refractivity contribution is 7.89. The molecule has 4 heterocycles. The van der Waals surface area contributed by atoms with Crippen LogP contribution in [0.5, 0.6) is 0 Å². The fraction of sp³-hybridized carbons (Fsp3) is 0.348. The molecule has 1 aromatic carbocycles. The van der Waals surface area contributed by atoms with Crippen molar-refractivity contribution in [2.45, 2.75) is 44.0 Å². The molecule has 0 saturated carbocycles. The van der Waals surface area contributed by atoms with Crippen LogP contribution in [0.25, 0.3) is 22.3 Å². The molecule has 0 radical (unpaired) electrons. The summed E-state index contributed by atoms with van der Waals surface area (Å²) < 4.78 is 28.5. The van der Waals surface area contributed by atoms with Crippen molar-refractivity contribution in [2.75, 3.05) is 18.0 Å². The highest BCUT2D eigenvalue weighted by Gasteiger charge is 2.26. The van der Waals surface area contributed by atoms with E-state index in [1.165, 1.54) is 0 Å². The number of hydrogen-bond acceptors (Lipinski definition) is 6. The molecule has 0 amide bonds. The first-order valence-corrected chi connectivity index (χ1v) is 12.6. The third-order valence-corrected chi connectivity index (χ3v) is 7.82. The van der Waals surface area contributed by atoms with Gasteiger partial charge in [-0.3, -0.25) is 5.10 Å².